The number of aromatic nitrogens is 1. The van der Waals surface area contributed by atoms with Crippen LogP contribution in [0.5, 0.6) is 0 Å². The largest absolute Gasteiger partial charge is 0.397 e. The number of aryl methyl sites for hydroxylation is 1. The van der Waals surface area contributed by atoms with E-state index in [-0.39, 0.29) is 11.4 Å². The van der Waals surface area contributed by atoms with Crippen molar-refractivity contribution in [1.29, 1.82) is 0 Å². The number of hydrogen-bond acceptors (Lipinski definition) is 3. The van der Waals surface area contributed by atoms with E-state index in [1.165, 1.54) is 11.8 Å². The number of benzene rings is 1. The monoisotopic (exact) mass is 283 g/mol. The van der Waals surface area contributed by atoms with E-state index in [1.54, 1.807) is 12.1 Å². The van der Waals surface area contributed by atoms with Crippen LogP contribution in [-0.2, 0) is 6.42 Å². The van der Waals surface area contributed by atoms with Crippen molar-refractivity contribution in [2.75, 3.05) is 5.73 Å². The van der Waals surface area contributed by atoms with Crippen molar-refractivity contribution in [3.05, 3.63) is 59.9 Å². The van der Waals surface area contributed by atoms with Crippen LogP contribution in [-0.4, -0.2) is 16.4 Å². The first-order chi connectivity index (χ1) is 9.96. The first-order valence-electron chi connectivity index (χ1n) is 7.04. The van der Waals surface area contributed by atoms with Crippen LogP contribution in [0.4, 0.5) is 5.69 Å². The number of anilines is 1. The molecule has 1 heterocycles. The van der Waals surface area contributed by atoms with Gasteiger partial charge in [-0.1, -0.05) is 30.3 Å². The summed E-state index contributed by atoms with van der Waals surface area (Å²) in [5.41, 5.74) is 7.48. The Bertz CT molecular complexity index is 591. The Morgan fingerprint density at radius 1 is 1.19 bits per heavy atom. The van der Waals surface area contributed by atoms with E-state index < -0.39 is 0 Å². The van der Waals surface area contributed by atoms with Crippen molar-refractivity contribution in [1.82, 2.24) is 10.3 Å². The van der Waals surface area contributed by atoms with Crippen LogP contribution in [0.3, 0.4) is 0 Å². The minimum absolute atomic E-state index is 0.173. The average Bonchev–Trinajstić information content (AvgIpc) is 2.46. The topological polar surface area (TPSA) is 68.0 Å². The quantitative estimate of drug-likeness (QED) is 0.886. The Morgan fingerprint density at radius 3 is 2.52 bits per heavy atom. The van der Waals surface area contributed by atoms with E-state index in [4.69, 9.17) is 5.73 Å². The molecule has 0 aliphatic carbocycles. The lowest BCUT2D eigenvalue weighted by Gasteiger charge is -2.26. The van der Waals surface area contributed by atoms with Crippen LogP contribution in [0.2, 0.25) is 0 Å². The molecular formula is C17H21N3O. The molecule has 110 valence electrons. The highest BCUT2D eigenvalue weighted by atomic mass is 16.2. The van der Waals surface area contributed by atoms with Crippen LogP contribution in [0.1, 0.15) is 36.3 Å². The highest BCUT2D eigenvalue weighted by Gasteiger charge is 2.21. The average molecular weight is 283 g/mol. The number of rotatable bonds is 5. The number of pyridine rings is 1. The number of nitrogens with one attached hydrogen (secondary N) is 1. The molecule has 0 radical (unpaired) electrons. The lowest BCUT2D eigenvalue weighted by molar-refractivity contribution is 0.0904. The molecule has 21 heavy (non-hydrogen) atoms. The minimum Gasteiger partial charge on any atom is -0.397 e. The molecule has 1 amide bonds. The van der Waals surface area contributed by atoms with Crippen LogP contribution >= 0.6 is 0 Å². The van der Waals surface area contributed by atoms with Crippen LogP contribution in [0, 0.1) is 0 Å². The SMILES string of the molecule is CC(C)(CCc1ccccc1)NC(=O)c1ccc(N)cn1. The number of hydrogen-bond donors (Lipinski definition) is 2. The van der Waals surface area contributed by atoms with E-state index in [1.807, 2.05) is 32.0 Å². The molecule has 0 saturated carbocycles. The Morgan fingerprint density at radius 2 is 1.90 bits per heavy atom. The third-order valence-corrected chi connectivity index (χ3v) is 3.35. The molecule has 3 N–H and O–H groups in total. The minimum atomic E-state index is -0.296. The molecule has 0 aliphatic heterocycles. The maximum absolute atomic E-state index is 12.2. The third kappa shape index (κ3) is 4.60. The normalized spacial score (nSPS) is 11.1. The third-order valence-electron chi connectivity index (χ3n) is 3.35. The van der Waals surface area contributed by atoms with Crippen LogP contribution < -0.4 is 11.1 Å². The summed E-state index contributed by atoms with van der Waals surface area (Å²) in [5.74, 6) is -0.173. The lowest BCUT2D eigenvalue weighted by atomic mass is 9.95. The molecule has 1 aromatic carbocycles. The van der Waals surface area contributed by atoms with Gasteiger partial charge in [0.15, 0.2) is 0 Å². The Labute approximate surface area is 125 Å². The Kier molecular flexibility index (Phi) is 4.58. The maximum Gasteiger partial charge on any atom is 0.270 e. The molecule has 2 rings (SSSR count). The molecule has 0 fully saturated rings. The molecule has 0 atom stereocenters. The molecule has 1 aromatic heterocycles. The van der Waals surface area contributed by atoms with Crippen molar-refractivity contribution in [2.24, 2.45) is 0 Å². The van der Waals surface area contributed by atoms with E-state index in [2.05, 4.69) is 22.4 Å². The lowest BCUT2D eigenvalue weighted by Crippen LogP contribution is -2.44. The van der Waals surface area contributed by atoms with Gasteiger partial charge in [-0.2, -0.15) is 0 Å². The first kappa shape index (κ1) is 15.0. The Balaban J connectivity index is 1.93. The maximum atomic E-state index is 12.2. The zero-order valence-electron chi connectivity index (χ0n) is 12.5. The van der Waals surface area contributed by atoms with Crippen molar-refractivity contribution < 1.29 is 4.79 Å². The highest BCUT2D eigenvalue weighted by Crippen LogP contribution is 2.14. The first-order valence-corrected chi connectivity index (χ1v) is 7.04. The number of nitrogens with two attached hydrogens (primary N) is 1. The molecule has 4 heteroatoms. The second-order valence-corrected chi connectivity index (χ2v) is 5.80. The summed E-state index contributed by atoms with van der Waals surface area (Å²) < 4.78 is 0. The van der Waals surface area contributed by atoms with Gasteiger partial charge in [0.25, 0.3) is 5.91 Å². The van der Waals surface area contributed by atoms with Crippen molar-refractivity contribution in [2.45, 2.75) is 32.2 Å². The predicted octanol–water partition coefficient (Wildman–Crippen LogP) is 2.81. The smallest absolute Gasteiger partial charge is 0.270 e. The summed E-state index contributed by atoms with van der Waals surface area (Å²) in [6.45, 7) is 4.04. The van der Waals surface area contributed by atoms with Gasteiger partial charge >= 0.3 is 0 Å². The van der Waals surface area contributed by atoms with Crippen molar-refractivity contribution >= 4 is 11.6 Å². The van der Waals surface area contributed by atoms with Gasteiger partial charge in [-0.3, -0.25) is 4.79 Å². The number of nitrogens with zero attached hydrogens (tertiary/aromatic N) is 1. The molecule has 0 saturated heterocycles. The molecule has 0 aliphatic rings. The zero-order chi connectivity index (χ0) is 15.3. The second-order valence-electron chi connectivity index (χ2n) is 5.80. The fourth-order valence-electron chi connectivity index (χ4n) is 2.08. The van der Waals surface area contributed by atoms with E-state index in [9.17, 15) is 4.79 Å². The summed E-state index contributed by atoms with van der Waals surface area (Å²) in [7, 11) is 0. The second kappa shape index (κ2) is 6.39. The van der Waals surface area contributed by atoms with E-state index >= 15 is 0 Å². The van der Waals surface area contributed by atoms with Gasteiger partial charge in [0, 0.05) is 5.54 Å². The van der Waals surface area contributed by atoms with Gasteiger partial charge in [-0.15, -0.1) is 0 Å². The zero-order valence-corrected chi connectivity index (χ0v) is 12.5. The summed E-state index contributed by atoms with van der Waals surface area (Å²) in [5, 5.41) is 3.02. The molecule has 2 aromatic rings. The van der Waals surface area contributed by atoms with Gasteiger partial charge in [0.2, 0.25) is 0 Å². The molecule has 0 unspecified atom stereocenters. The number of carbonyl (C=O) groups excluding carboxylic acids is 1. The number of nitrogen functional groups attached to an aromatic ring is 1. The Hall–Kier alpha value is -2.36. The van der Waals surface area contributed by atoms with Crippen molar-refractivity contribution in [3.63, 3.8) is 0 Å². The van der Waals surface area contributed by atoms with Crippen LogP contribution in [0.25, 0.3) is 0 Å². The number of amides is 1. The number of carbonyl (C=O) groups is 1. The summed E-state index contributed by atoms with van der Waals surface area (Å²) in [6.07, 6.45) is 3.27. The highest BCUT2D eigenvalue weighted by molar-refractivity contribution is 5.92. The summed E-state index contributed by atoms with van der Waals surface area (Å²) in [6, 6.07) is 13.6. The van der Waals surface area contributed by atoms with E-state index in [0.29, 0.717) is 11.4 Å². The standard InChI is InChI=1S/C17H21N3O/c1-17(2,11-10-13-6-4-3-5-7-13)20-16(21)15-9-8-14(18)12-19-15/h3-9,12H,10-11,18H2,1-2H3,(H,20,21). The van der Waals surface area contributed by atoms with Gasteiger partial charge in [-0.25, -0.2) is 4.98 Å². The molecular weight excluding hydrogens is 262 g/mol. The molecule has 0 spiro atoms. The van der Waals surface area contributed by atoms with Gasteiger partial charge < -0.3 is 11.1 Å². The fourth-order valence-corrected chi connectivity index (χ4v) is 2.08. The predicted molar refractivity (Wildman–Crippen MR) is 85.0 cm³/mol. The van der Waals surface area contributed by atoms with Gasteiger partial charge in [0.1, 0.15) is 5.69 Å². The van der Waals surface area contributed by atoms with Gasteiger partial charge in [0.05, 0.1) is 11.9 Å². The summed E-state index contributed by atoms with van der Waals surface area (Å²) in [4.78, 5) is 16.2. The van der Waals surface area contributed by atoms with Crippen LogP contribution in [0.15, 0.2) is 48.7 Å². The molecule has 4 nitrogen and oxygen atoms in total. The van der Waals surface area contributed by atoms with E-state index in [0.717, 1.165) is 12.8 Å². The fraction of sp³-hybridized carbons (Fsp3) is 0.294. The van der Waals surface area contributed by atoms with Crippen molar-refractivity contribution in [3.8, 4) is 0 Å². The van der Waals surface area contributed by atoms with Gasteiger partial charge in [-0.05, 0) is 44.4 Å². The summed E-state index contributed by atoms with van der Waals surface area (Å²) >= 11 is 0. The molecule has 0 bridgehead atoms.